The Balaban J connectivity index is 1.93. The predicted octanol–water partition coefficient (Wildman–Crippen LogP) is 5.46. The topological polar surface area (TPSA) is 98.6 Å². The summed E-state index contributed by atoms with van der Waals surface area (Å²) in [6.07, 6.45) is 4.41. The maximum Gasteiger partial charge on any atom is 0.271 e. The van der Waals surface area contributed by atoms with Crippen LogP contribution in [0.3, 0.4) is 0 Å². The van der Waals surface area contributed by atoms with Gasteiger partial charge in [-0.1, -0.05) is 36.2 Å². The van der Waals surface area contributed by atoms with Crippen molar-refractivity contribution in [2.75, 3.05) is 19.8 Å². The van der Waals surface area contributed by atoms with Gasteiger partial charge < -0.3 is 15.4 Å². The maximum atomic E-state index is 15.6. The number of hydrogen-bond acceptors (Lipinski definition) is 6. The molecule has 0 saturated carbocycles. The molecule has 1 atom stereocenters. The summed E-state index contributed by atoms with van der Waals surface area (Å²) in [6, 6.07) is 4.69. The number of nitrogens with two attached hydrogens (primary N) is 1. The minimum Gasteiger partial charge on any atom is -0.490 e. The van der Waals surface area contributed by atoms with Crippen molar-refractivity contribution < 1.29 is 13.9 Å². The average Bonchev–Trinajstić information content (AvgIpc) is 3.18. The number of halogens is 3. The van der Waals surface area contributed by atoms with Gasteiger partial charge in [0.2, 0.25) is 0 Å². The van der Waals surface area contributed by atoms with Crippen LogP contribution < -0.4 is 10.5 Å². The molecule has 0 fully saturated rings. The van der Waals surface area contributed by atoms with Crippen LogP contribution in [0.2, 0.25) is 10.2 Å². The highest BCUT2D eigenvalue weighted by atomic mass is 35.5. The number of ether oxygens (including phenoxy) is 1. The van der Waals surface area contributed by atoms with Gasteiger partial charge in [0.05, 0.1) is 16.7 Å². The number of imidazole rings is 1. The Morgan fingerprint density at radius 1 is 1.19 bits per heavy atom. The van der Waals surface area contributed by atoms with Crippen molar-refractivity contribution in [2.24, 2.45) is 0 Å². The lowest BCUT2D eigenvalue weighted by molar-refractivity contribution is 0.0822. The van der Waals surface area contributed by atoms with E-state index >= 15 is 4.39 Å². The van der Waals surface area contributed by atoms with E-state index in [1.807, 2.05) is 20.8 Å². The lowest BCUT2D eigenvalue weighted by Crippen LogP contribution is -2.22. The van der Waals surface area contributed by atoms with Crippen molar-refractivity contribution in [1.29, 1.82) is 0 Å². The number of nitrogen functional groups attached to an aromatic ring is 1. The van der Waals surface area contributed by atoms with Crippen LogP contribution in [-0.4, -0.2) is 50.4 Å². The highest BCUT2D eigenvalue weighted by molar-refractivity contribution is 6.33. The zero-order valence-corrected chi connectivity index (χ0v) is 21.9. The maximum absolute atomic E-state index is 15.6. The molecule has 0 aliphatic rings. The first-order chi connectivity index (χ1) is 17.0. The number of carbonyl (C=O) groups excluding carboxylic acids is 1. The van der Waals surface area contributed by atoms with Crippen LogP contribution in [0.1, 0.15) is 48.6 Å². The third kappa shape index (κ3) is 4.56. The second-order valence-corrected chi connectivity index (χ2v) is 9.54. The molecule has 4 rings (SSSR count). The summed E-state index contributed by atoms with van der Waals surface area (Å²) in [7, 11) is 3.26. The van der Waals surface area contributed by atoms with Crippen LogP contribution in [0.5, 0.6) is 5.75 Å². The van der Waals surface area contributed by atoms with Gasteiger partial charge in [-0.2, -0.15) is 0 Å². The molecular formula is C25H25Cl2FN6O2. The minimum absolute atomic E-state index is 0.0930. The van der Waals surface area contributed by atoms with Crippen LogP contribution in [0.15, 0.2) is 36.8 Å². The highest BCUT2D eigenvalue weighted by Crippen LogP contribution is 2.44. The zero-order chi connectivity index (χ0) is 26.3. The molecule has 2 N–H and O–H groups in total. The molecule has 8 nitrogen and oxygen atoms in total. The van der Waals surface area contributed by atoms with Crippen LogP contribution in [-0.2, 0) is 0 Å². The fourth-order valence-corrected chi connectivity index (χ4v) is 4.44. The lowest BCUT2D eigenvalue weighted by Gasteiger charge is -2.23. The standard InChI is InChI=1S/C25H25Cl2FN6O2/c1-12(2)36-21-15(13(3)24-32-22(27)20-23(29)30-8-9-34(20)24)10-16(26)19(28)18(21)14-6-7-17(31-11-14)25(35)33(4)5/h6-13H,1-5H3,(H2,29,30)/t13-/m0/s1. The molecule has 0 aliphatic carbocycles. The first-order valence-corrected chi connectivity index (χ1v) is 11.9. The Labute approximate surface area is 217 Å². The molecule has 36 heavy (non-hydrogen) atoms. The van der Waals surface area contributed by atoms with Crippen molar-refractivity contribution in [1.82, 2.24) is 24.3 Å². The van der Waals surface area contributed by atoms with E-state index in [0.717, 1.165) is 0 Å². The fraction of sp³-hybridized carbons (Fsp3) is 0.280. The fourth-order valence-electron chi connectivity index (χ4n) is 3.96. The number of carbonyl (C=O) groups is 1. The Morgan fingerprint density at radius 3 is 2.53 bits per heavy atom. The van der Waals surface area contributed by atoms with Crippen molar-refractivity contribution in [3.8, 4) is 16.9 Å². The average molecular weight is 531 g/mol. The van der Waals surface area contributed by atoms with E-state index in [4.69, 9.17) is 33.7 Å². The molecule has 3 aromatic heterocycles. The van der Waals surface area contributed by atoms with Crippen LogP contribution in [0, 0.1) is 5.82 Å². The molecule has 11 heteroatoms. The molecule has 1 amide bonds. The summed E-state index contributed by atoms with van der Waals surface area (Å²) in [5.74, 6) is -0.267. The number of benzene rings is 1. The van der Waals surface area contributed by atoms with Crippen molar-refractivity contribution >= 4 is 40.4 Å². The van der Waals surface area contributed by atoms with Crippen molar-refractivity contribution in [3.63, 3.8) is 0 Å². The van der Waals surface area contributed by atoms with E-state index in [2.05, 4.69) is 15.0 Å². The number of anilines is 1. The van der Waals surface area contributed by atoms with Gasteiger partial charge in [0.1, 0.15) is 22.8 Å². The summed E-state index contributed by atoms with van der Waals surface area (Å²) >= 11 is 12.8. The molecule has 3 heterocycles. The lowest BCUT2D eigenvalue weighted by atomic mass is 9.93. The van der Waals surface area contributed by atoms with E-state index < -0.39 is 11.7 Å². The van der Waals surface area contributed by atoms with Crippen molar-refractivity contribution in [2.45, 2.75) is 32.8 Å². The number of nitrogens with zero attached hydrogens (tertiary/aromatic N) is 5. The second-order valence-electron chi connectivity index (χ2n) is 8.78. The van der Waals surface area contributed by atoms with E-state index in [1.54, 1.807) is 37.0 Å². The third-order valence-electron chi connectivity index (χ3n) is 5.65. The Hall–Kier alpha value is -3.43. The quantitative estimate of drug-likeness (QED) is 0.355. The molecule has 1 aromatic carbocycles. The molecule has 0 radical (unpaired) electrons. The van der Waals surface area contributed by atoms with Crippen LogP contribution in [0.4, 0.5) is 10.2 Å². The number of hydrogen-bond donors (Lipinski definition) is 1. The third-order valence-corrected chi connectivity index (χ3v) is 6.19. The normalized spacial score (nSPS) is 12.2. The molecule has 0 saturated heterocycles. The zero-order valence-electron chi connectivity index (χ0n) is 20.4. The molecule has 0 unspecified atom stereocenters. The van der Waals surface area contributed by atoms with Gasteiger partial charge in [-0.3, -0.25) is 14.2 Å². The van der Waals surface area contributed by atoms with Gasteiger partial charge in [0.15, 0.2) is 16.8 Å². The number of rotatable bonds is 6. The van der Waals surface area contributed by atoms with Crippen LogP contribution in [0.25, 0.3) is 16.6 Å². The van der Waals surface area contributed by atoms with Gasteiger partial charge in [0.25, 0.3) is 5.91 Å². The van der Waals surface area contributed by atoms with E-state index in [1.165, 1.54) is 23.2 Å². The van der Waals surface area contributed by atoms with E-state index in [-0.39, 0.29) is 39.3 Å². The smallest absolute Gasteiger partial charge is 0.271 e. The van der Waals surface area contributed by atoms with Gasteiger partial charge in [-0.05, 0) is 26.0 Å². The first kappa shape index (κ1) is 25.7. The van der Waals surface area contributed by atoms with Gasteiger partial charge in [0, 0.05) is 49.7 Å². The molecular weight excluding hydrogens is 506 g/mol. The largest absolute Gasteiger partial charge is 0.490 e. The number of aromatic nitrogens is 4. The Kier molecular flexibility index (Phi) is 7.06. The van der Waals surface area contributed by atoms with E-state index in [9.17, 15) is 4.79 Å². The van der Waals surface area contributed by atoms with Gasteiger partial charge >= 0.3 is 0 Å². The molecule has 0 bridgehead atoms. The highest BCUT2D eigenvalue weighted by Gasteiger charge is 2.28. The predicted molar refractivity (Wildman–Crippen MR) is 138 cm³/mol. The molecule has 188 valence electrons. The minimum atomic E-state index is -0.656. The number of amides is 1. The van der Waals surface area contributed by atoms with Gasteiger partial charge in [-0.25, -0.2) is 14.4 Å². The molecule has 4 aromatic rings. The summed E-state index contributed by atoms with van der Waals surface area (Å²) in [6.45, 7) is 5.57. The summed E-state index contributed by atoms with van der Waals surface area (Å²) < 4.78 is 23.5. The summed E-state index contributed by atoms with van der Waals surface area (Å²) in [4.78, 5) is 26.5. The Bertz CT molecular complexity index is 1450. The van der Waals surface area contributed by atoms with Crippen molar-refractivity contribution in [3.05, 3.63) is 69.9 Å². The molecule has 0 spiro atoms. The number of fused-ring (bicyclic) bond motifs is 1. The monoisotopic (exact) mass is 530 g/mol. The van der Waals surface area contributed by atoms with E-state index in [0.29, 0.717) is 28.2 Å². The molecule has 0 aliphatic heterocycles. The number of pyridine rings is 1. The second kappa shape index (κ2) is 9.91. The Morgan fingerprint density at radius 2 is 1.92 bits per heavy atom. The SMILES string of the molecule is CC(C)Oc1c([C@H](C)c2nc(Cl)c3c(N)nccn23)cc(Cl)c(F)c1-c1ccc(C(=O)N(C)C)nc1. The first-order valence-electron chi connectivity index (χ1n) is 11.2. The summed E-state index contributed by atoms with van der Waals surface area (Å²) in [5, 5.41) is 0.108. The summed E-state index contributed by atoms with van der Waals surface area (Å²) in [5.41, 5.74) is 7.87. The van der Waals surface area contributed by atoms with Crippen LogP contribution >= 0.6 is 23.2 Å². The van der Waals surface area contributed by atoms with Gasteiger partial charge in [-0.15, -0.1) is 0 Å².